The number of carbonyl (C=O) groups is 2. The number of amides is 1. The van der Waals surface area contributed by atoms with Crippen molar-refractivity contribution in [1.29, 1.82) is 0 Å². The fourth-order valence-electron chi connectivity index (χ4n) is 2.59. The average Bonchev–Trinajstić information content (AvgIpc) is 2.73. The van der Waals surface area contributed by atoms with Crippen LogP contribution in [-0.2, 0) is 17.3 Å². The molecule has 2 aromatic carbocycles. The van der Waals surface area contributed by atoms with E-state index in [-0.39, 0.29) is 30.1 Å². The van der Waals surface area contributed by atoms with E-state index in [1.165, 1.54) is 31.1 Å². The second-order valence-electron chi connectivity index (χ2n) is 6.93. The van der Waals surface area contributed by atoms with Crippen LogP contribution in [0, 0.1) is 10.1 Å². The fraction of sp³-hybridized carbons (Fsp3) is 0.238. The first-order valence-electron chi connectivity index (χ1n) is 9.39. The molecule has 1 N–H and O–H groups in total. The number of carboxylic acid groups (broad SMARTS) is 1. The molecule has 182 valence electrons. The molecule has 0 heterocycles. The summed E-state index contributed by atoms with van der Waals surface area (Å²) < 4.78 is 49.1. The first-order valence-corrected chi connectivity index (χ1v) is 9.77. The summed E-state index contributed by atoms with van der Waals surface area (Å²) in [5.41, 5.74) is -2.27. The van der Waals surface area contributed by atoms with Gasteiger partial charge >= 0.3 is 18.2 Å². The second kappa shape index (κ2) is 10.9. The van der Waals surface area contributed by atoms with Crippen LogP contribution in [0.2, 0.25) is 5.02 Å². The Kier molecular flexibility index (Phi) is 8.46. The molecular weight excluding hydrogens is 485 g/mol. The molecular formula is C21H18ClF3N2O7. The van der Waals surface area contributed by atoms with E-state index < -0.39 is 45.0 Å². The molecule has 0 saturated heterocycles. The van der Waals surface area contributed by atoms with Gasteiger partial charge in [0.15, 0.2) is 0 Å². The van der Waals surface area contributed by atoms with Crippen LogP contribution in [-0.4, -0.2) is 47.7 Å². The lowest BCUT2D eigenvalue weighted by Crippen LogP contribution is -2.22. The Hall–Kier alpha value is -3.80. The maximum Gasteiger partial charge on any atom is 0.416 e. The van der Waals surface area contributed by atoms with E-state index in [1.807, 2.05) is 0 Å². The molecule has 0 unspecified atom stereocenters. The third-order valence-electron chi connectivity index (χ3n) is 4.26. The van der Waals surface area contributed by atoms with Gasteiger partial charge in [0.05, 0.1) is 15.5 Å². The van der Waals surface area contributed by atoms with Crippen LogP contribution < -0.4 is 4.74 Å². The van der Waals surface area contributed by atoms with Gasteiger partial charge in [-0.25, -0.2) is 9.59 Å². The van der Waals surface area contributed by atoms with Crippen molar-refractivity contribution in [2.45, 2.75) is 12.6 Å². The first-order chi connectivity index (χ1) is 15.8. The molecule has 2 rings (SSSR count). The Bertz CT molecular complexity index is 1130. The van der Waals surface area contributed by atoms with Gasteiger partial charge < -0.3 is 19.5 Å². The lowest BCUT2D eigenvalue weighted by molar-refractivity contribution is -0.385. The number of nitro benzene ring substituents is 1. The van der Waals surface area contributed by atoms with Crippen molar-refractivity contribution in [3.8, 4) is 11.5 Å². The molecule has 0 spiro atoms. The third-order valence-corrected chi connectivity index (χ3v) is 4.55. The van der Waals surface area contributed by atoms with Crippen molar-refractivity contribution in [1.82, 2.24) is 4.90 Å². The highest BCUT2D eigenvalue weighted by molar-refractivity contribution is 6.32. The lowest BCUT2D eigenvalue weighted by atomic mass is 10.0. The normalized spacial score (nSPS) is 11.4. The zero-order valence-electron chi connectivity index (χ0n) is 17.8. The van der Waals surface area contributed by atoms with Gasteiger partial charge in [-0.2, -0.15) is 13.2 Å². The van der Waals surface area contributed by atoms with E-state index in [4.69, 9.17) is 21.1 Å². The summed E-state index contributed by atoms with van der Waals surface area (Å²) in [6.07, 6.45) is -2.31. The number of carboxylic acids is 1. The monoisotopic (exact) mass is 502 g/mol. The van der Waals surface area contributed by atoms with E-state index in [0.29, 0.717) is 6.07 Å². The molecule has 0 aliphatic carbocycles. The van der Waals surface area contributed by atoms with Gasteiger partial charge in [0.2, 0.25) is 0 Å². The Morgan fingerprint density at radius 1 is 1.18 bits per heavy atom. The van der Waals surface area contributed by atoms with Gasteiger partial charge in [-0.05, 0) is 24.6 Å². The summed E-state index contributed by atoms with van der Waals surface area (Å²) >= 11 is 5.91. The maximum absolute atomic E-state index is 12.9. The molecule has 0 aliphatic heterocycles. The molecule has 0 radical (unpaired) electrons. The van der Waals surface area contributed by atoms with Gasteiger partial charge in [-0.1, -0.05) is 23.8 Å². The highest BCUT2D eigenvalue weighted by atomic mass is 35.5. The Labute approximate surface area is 196 Å². The first kappa shape index (κ1) is 26.5. The molecule has 0 bridgehead atoms. The molecule has 0 atom stereocenters. The van der Waals surface area contributed by atoms with Crippen LogP contribution in [0.5, 0.6) is 11.5 Å². The summed E-state index contributed by atoms with van der Waals surface area (Å²) in [4.78, 5) is 34.6. The SMILES string of the molecule is CN(C)C(=O)OCC=CCc1cc([N+](=O)[O-])c(C(=O)O)cc1Oc1ccc(C(F)(F)F)cc1Cl. The van der Waals surface area contributed by atoms with E-state index in [9.17, 15) is 38.0 Å². The summed E-state index contributed by atoms with van der Waals surface area (Å²) in [7, 11) is 2.98. The smallest absolute Gasteiger partial charge is 0.416 e. The zero-order valence-corrected chi connectivity index (χ0v) is 18.5. The van der Waals surface area contributed by atoms with E-state index in [0.717, 1.165) is 24.3 Å². The van der Waals surface area contributed by atoms with Crippen LogP contribution in [0.1, 0.15) is 21.5 Å². The van der Waals surface area contributed by atoms with Crippen LogP contribution in [0.25, 0.3) is 0 Å². The number of nitrogens with zero attached hydrogens (tertiary/aromatic N) is 2. The topological polar surface area (TPSA) is 119 Å². The van der Waals surface area contributed by atoms with Crippen LogP contribution in [0.3, 0.4) is 0 Å². The number of hydrogen-bond donors (Lipinski definition) is 1. The van der Waals surface area contributed by atoms with E-state index >= 15 is 0 Å². The number of rotatable bonds is 8. The number of allylic oxidation sites excluding steroid dienone is 1. The van der Waals surface area contributed by atoms with Crippen LogP contribution in [0.4, 0.5) is 23.7 Å². The number of carbonyl (C=O) groups excluding carboxylic acids is 1. The molecule has 1 amide bonds. The van der Waals surface area contributed by atoms with Crippen molar-refractivity contribution in [3.63, 3.8) is 0 Å². The molecule has 2 aromatic rings. The molecule has 0 aromatic heterocycles. The van der Waals surface area contributed by atoms with Crippen molar-refractivity contribution < 1.29 is 42.3 Å². The van der Waals surface area contributed by atoms with Crippen LogP contribution in [0.15, 0.2) is 42.5 Å². The third kappa shape index (κ3) is 6.85. The standard InChI is InChI=1S/C21H18ClF3N2O7/c1-26(2)20(30)33-8-4-3-5-12-9-16(27(31)32)14(19(28)29)11-18(12)34-17-7-6-13(10-15(17)22)21(23,24)25/h3-4,6-7,9-11H,5,8H2,1-2H3,(H,28,29). The minimum absolute atomic E-state index is 0.0200. The van der Waals surface area contributed by atoms with Crippen molar-refractivity contribution in [3.05, 3.63) is 74.3 Å². The summed E-state index contributed by atoms with van der Waals surface area (Å²) in [5, 5.41) is 20.3. The number of halogens is 4. The molecule has 9 nitrogen and oxygen atoms in total. The Morgan fingerprint density at radius 2 is 1.85 bits per heavy atom. The van der Waals surface area contributed by atoms with Crippen LogP contribution >= 0.6 is 11.6 Å². The molecule has 34 heavy (non-hydrogen) atoms. The maximum atomic E-state index is 12.9. The van der Waals surface area contributed by atoms with Crippen molar-refractivity contribution in [2.24, 2.45) is 0 Å². The number of ether oxygens (including phenoxy) is 2. The van der Waals surface area contributed by atoms with E-state index in [1.54, 1.807) is 0 Å². The highest BCUT2D eigenvalue weighted by Crippen LogP contribution is 2.38. The predicted molar refractivity (Wildman–Crippen MR) is 114 cm³/mol. The largest absolute Gasteiger partial charge is 0.477 e. The predicted octanol–water partition coefficient (Wildman–Crippen LogP) is 5.55. The summed E-state index contributed by atoms with van der Waals surface area (Å²) in [6.45, 7) is -0.104. The number of nitro groups is 1. The van der Waals surface area contributed by atoms with Gasteiger partial charge in [-0.15, -0.1) is 0 Å². The number of aromatic carboxylic acids is 1. The van der Waals surface area contributed by atoms with Crippen molar-refractivity contribution in [2.75, 3.05) is 20.7 Å². The van der Waals surface area contributed by atoms with Gasteiger partial charge in [0, 0.05) is 31.8 Å². The average molecular weight is 503 g/mol. The van der Waals surface area contributed by atoms with Gasteiger partial charge in [0.1, 0.15) is 23.7 Å². The second-order valence-corrected chi connectivity index (χ2v) is 7.34. The highest BCUT2D eigenvalue weighted by Gasteiger charge is 2.31. The number of alkyl halides is 3. The minimum Gasteiger partial charge on any atom is -0.477 e. The number of benzene rings is 2. The van der Waals surface area contributed by atoms with E-state index in [2.05, 4.69) is 0 Å². The molecule has 13 heteroatoms. The Balaban J connectivity index is 2.40. The minimum atomic E-state index is -4.64. The zero-order chi connectivity index (χ0) is 25.6. The van der Waals surface area contributed by atoms with Gasteiger partial charge in [0.25, 0.3) is 5.69 Å². The van der Waals surface area contributed by atoms with Crippen molar-refractivity contribution >= 4 is 29.4 Å². The summed E-state index contributed by atoms with van der Waals surface area (Å²) in [5.74, 6) is -1.99. The fourth-order valence-corrected chi connectivity index (χ4v) is 2.81. The van der Waals surface area contributed by atoms with Gasteiger partial charge in [-0.3, -0.25) is 10.1 Å². The summed E-state index contributed by atoms with van der Waals surface area (Å²) in [6, 6.07) is 4.19. The molecule has 0 aliphatic rings. The molecule has 0 saturated carbocycles. The Morgan fingerprint density at radius 3 is 2.38 bits per heavy atom. The number of hydrogen-bond acceptors (Lipinski definition) is 6. The molecule has 0 fully saturated rings. The lowest BCUT2D eigenvalue weighted by Gasteiger charge is -2.14. The quantitative estimate of drug-likeness (QED) is 0.285.